The van der Waals surface area contributed by atoms with Crippen molar-refractivity contribution in [2.75, 3.05) is 0 Å². The summed E-state index contributed by atoms with van der Waals surface area (Å²) in [5, 5.41) is 3.66. The topological polar surface area (TPSA) is 30.7 Å². The maximum atomic E-state index is 5.34. The zero-order valence-electron chi connectivity index (χ0n) is 22.7. The lowest BCUT2D eigenvalue weighted by Crippen LogP contribution is -2.15. The molecule has 4 heteroatoms. The first-order valence-electron chi connectivity index (χ1n) is 14.0. The van der Waals surface area contributed by atoms with Gasteiger partial charge in [-0.05, 0) is 46.5 Å². The van der Waals surface area contributed by atoms with Crippen LogP contribution >= 0.6 is 11.3 Å². The Labute approximate surface area is 241 Å². The first-order chi connectivity index (χ1) is 20.1. The van der Waals surface area contributed by atoms with Crippen LogP contribution in [0.15, 0.2) is 115 Å². The molecular formula is C37H25N3S. The van der Waals surface area contributed by atoms with Crippen LogP contribution in [0.5, 0.6) is 0 Å². The number of fused-ring (bicyclic) bond motifs is 9. The first-order valence-corrected chi connectivity index (χ1v) is 14.8. The van der Waals surface area contributed by atoms with Gasteiger partial charge in [0.25, 0.3) is 0 Å². The summed E-state index contributed by atoms with van der Waals surface area (Å²) in [6, 6.07) is 41.3. The van der Waals surface area contributed by atoms with Crippen LogP contribution in [0.25, 0.3) is 70.4 Å². The van der Waals surface area contributed by atoms with Gasteiger partial charge in [0.05, 0.1) is 21.3 Å². The molecule has 0 atom stereocenters. The van der Waals surface area contributed by atoms with E-state index in [0.29, 0.717) is 0 Å². The lowest BCUT2D eigenvalue weighted by atomic mass is 9.82. The summed E-state index contributed by atoms with van der Waals surface area (Å²) in [7, 11) is 0. The molecule has 3 aromatic heterocycles. The summed E-state index contributed by atoms with van der Waals surface area (Å²) < 4.78 is 4.72. The van der Waals surface area contributed by atoms with Crippen LogP contribution < -0.4 is 0 Å². The monoisotopic (exact) mass is 543 g/mol. The van der Waals surface area contributed by atoms with E-state index in [1.165, 1.54) is 48.6 Å². The van der Waals surface area contributed by atoms with Crippen molar-refractivity contribution in [3.8, 4) is 28.3 Å². The number of para-hydroxylation sites is 1. The van der Waals surface area contributed by atoms with Gasteiger partial charge >= 0.3 is 0 Å². The Bertz CT molecular complexity index is 2340. The molecule has 3 heterocycles. The van der Waals surface area contributed by atoms with Gasteiger partial charge in [-0.15, -0.1) is 11.3 Å². The quantitative estimate of drug-likeness (QED) is 0.217. The molecule has 0 bridgehead atoms. The van der Waals surface area contributed by atoms with Gasteiger partial charge in [0.2, 0.25) is 0 Å². The van der Waals surface area contributed by atoms with Crippen molar-refractivity contribution in [1.82, 2.24) is 14.5 Å². The SMILES string of the molecule is CC1(C)c2ccccc2-c2cc3c4ccccc4n(-c4nc(-c5ccccc5)nc5c4sc4ccccc45)c3cc21. The van der Waals surface area contributed by atoms with Crippen molar-refractivity contribution in [1.29, 1.82) is 0 Å². The highest BCUT2D eigenvalue weighted by Crippen LogP contribution is 2.51. The summed E-state index contributed by atoms with van der Waals surface area (Å²) in [6.45, 7) is 4.69. The molecular weight excluding hydrogens is 518 g/mol. The minimum atomic E-state index is -0.0881. The summed E-state index contributed by atoms with van der Waals surface area (Å²) >= 11 is 1.78. The smallest absolute Gasteiger partial charge is 0.162 e. The van der Waals surface area contributed by atoms with Crippen LogP contribution in [0.1, 0.15) is 25.0 Å². The Morgan fingerprint density at radius 3 is 2.22 bits per heavy atom. The van der Waals surface area contributed by atoms with E-state index in [9.17, 15) is 0 Å². The number of rotatable bonds is 2. The largest absolute Gasteiger partial charge is 0.292 e. The summed E-state index contributed by atoms with van der Waals surface area (Å²) in [4.78, 5) is 10.5. The van der Waals surface area contributed by atoms with Gasteiger partial charge in [-0.1, -0.05) is 105 Å². The molecule has 0 amide bonds. The molecule has 0 radical (unpaired) electrons. The fourth-order valence-corrected chi connectivity index (χ4v) is 7.96. The highest BCUT2D eigenvalue weighted by Gasteiger charge is 2.36. The van der Waals surface area contributed by atoms with Gasteiger partial charge < -0.3 is 0 Å². The van der Waals surface area contributed by atoms with Crippen LogP contribution in [-0.2, 0) is 5.41 Å². The van der Waals surface area contributed by atoms with Crippen LogP contribution in [-0.4, -0.2) is 14.5 Å². The van der Waals surface area contributed by atoms with Gasteiger partial charge in [0, 0.05) is 31.8 Å². The third-order valence-electron chi connectivity index (χ3n) is 8.82. The van der Waals surface area contributed by atoms with Gasteiger partial charge in [0.1, 0.15) is 0 Å². The lowest BCUT2D eigenvalue weighted by molar-refractivity contribution is 0.661. The second kappa shape index (κ2) is 8.12. The zero-order chi connectivity index (χ0) is 27.3. The number of aromatic nitrogens is 3. The molecule has 8 aromatic rings. The van der Waals surface area contributed by atoms with Crippen molar-refractivity contribution < 1.29 is 0 Å². The molecule has 5 aromatic carbocycles. The fourth-order valence-electron chi connectivity index (χ4n) is 6.84. The number of benzene rings is 5. The van der Waals surface area contributed by atoms with Crippen molar-refractivity contribution >= 4 is 53.4 Å². The Morgan fingerprint density at radius 2 is 1.34 bits per heavy atom. The molecule has 0 N–H and O–H groups in total. The molecule has 41 heavy (non-hydrogen) atoms. The van der Waals surface area contributed by atoms with E-state index in [-0.39, 0.29) is 5.41 Å². The molecule has 0 fully saturated rings. The van der Waals surface area contributed by atoms with Crippen LogP contribution in [0.2, 0.25) is 0 Å². The molecule has 1 aliphatic rings. The van der Waals surface area contributed by atoms with E-state index in [1.54, 1.807) is 11.3 Å². The van der Waals surface area contributed by atoms with Gasteiger partial charge in [-0.25, -0.2) is 9.97 Å². The Balaban J connectivity index is 1.45. The maximum Gasteiger partial charge on any atom is 0.162 e. The third-order valence-corrected chi connectivity index (χ3v) is 9.98. The summed E-state index contributed by atoms with van der Waals surface area (Å²) in [5.41, 5.74) is 9.70. The number of thiophene rings is 1. The predicted octanol–water partition coefficient (Wildman–Crippen LogP) is 9.91. The van der Waals surface area contributed by atoms with Crippen molar-refractivity contribution in [3.63, 3.8) is 0 Å². The van der Waals surface area contributed by atoms with Gasteiger partial charge in [-0.2, -0.15) is 0 Å². The fraction of sp³-hybridized carbons (Fsp3) is 0.0811. The van der Waals surface area contributed by atoms with Crippen LogP contribution in [0, 0.1) is 0 Å². The van der Waals surface area contributed by atoms with Crippen molar-refractivity contribution in [3.05, 3.63) is 126 Å². The Hall–Kier alpha value is -4.80. The molecule has 0 aliphatic heterocycles. The second-order valence-corrected chi connectivity index (χ2v) is 12.5. The Morgan fingerprint density at radius 1 is 0.610 bits per heavy atom. The summed E-state index contributed by atoms with van der Waals surface area (Å²) in [6.07, 6.45) is 0. The highest BCUT2D eigenvalue weighted by atomic mass is 32.1. The van der Waals surface area contributed by atoms with Crippen molar-refractivity contribution in [2.24, 2.45) is 0 Å². The predicted molar refractivity (Wildman–Crippen MR) is 172 cm³/mol. The first kappa shape index (κ1) is 23.0. The van der Waals surface area contributed by atoms with E-state index < -0.39 is 0 Å². The molecule has 0 saturated heterocycles. The average molecular weight is 544 g/mol. The average Bonchev–Trinajstić information content (AvgIpc) is 3.62. The Kier molecular flexibility index (Phi) is 4.55. The minimum Gasteiger partial charge on any atom is -0.292 e. The maximum absolute atomic E-state index is 5.34. The molecule has 9 rings (SSSR count). The zero-order valence-corrected chi connectivity index (χ0v) is 23.5. The third kappa shape index (κ3) is 3.08. The van der Waals surface area contributed by atoms with Gasteiger partial charge in [0.15, 0.2) is 11.6 Å². The van der Waals surface area contributed by atoms with E-state index in [4.69, 9.17) is 9.97 Å². The molecule has 1 aliphatic carbocycles. The molecule has 3 nitrogen and oxygen atoms in total. The second-order valence-electron chi connectivity index (χ2n) is 11.5. The molecule has 194 valence electrons. The molecule has 0 unspecified atom stereocenters. The van der Waals surface area contributed by atoms with E-state index in [2.05, 4.69) is 128 Å². The van der Waals surface area contributed by atoms with Crippen molar-refractivity contribution in [2.45, 2.75) is 19.3 Å². The highest BCUT2D eigenvalue weighted by molar-refractivity contribution is 7.26. The number of hydrogen-bond acceptors (Lipinski definition) is 3. The van der Waals surface area contributed by atoms with Gasteiger partial charge in [-0.3, -0.25) is 4.57 Å². The normalized spacial score (nSPS) is 13.8. The van der Waals surface area contributed by atoms with Crippen LogP contribution in [0.3, 0.4) is 0 Å². The summed E-state index contributed by atoms with van der Waals surface area (Å²) in [5.74, 6) is 1.69. The lowest BCUT2D eigenvalue weighted by Gasteiger charge is -2.21. The van der Waals surface area contributed by atoms with E-state index in [0.717, 1.165) is 32.9 Å². The number of hydrogen-bond donors (Lipinski definition) is 0. The van der Waals surface area contributed by atoms with E-state index >= 15 is 0 Å². The van der Waals surface area contributed by atoms with Crippen LogP contribution in [0.4, 0.5) is 0 Å². The van der Waals surface area contributed by atoms with E-state index in [1.807, 2.05) is 6.07 Å². The minimum absolute atomic E-state index is 0.0881. The molecule has 0 saturated carbocycles. The standard InChI is InChI=1S/C37H25N3S/c1-37(2)28-17-9-6-14-23(28)26-20-27-24-15-7-10-18-30(24)40(31(27)21-29(26)37)36-34-33(25-16-8-11-19-32(25)41-34)38-35(39-36)22-12-4-3-5-13-22/h3-21H,1-2H3. The number of nitrogens with zero attached hydrogens (tertiary/aromatic N) is 3. The molecule has 0 spiro atoms.